The van der Waals surface area contributed by atoms with Gasteiger partial charge in [0, 0.05) is 5.56 Å². The van der Waals surface area contributed by atoms with Gasteiger partial charge in [0.1, 0.15) is 17.3 Å². The number of fused-ring (bicyclic) bond motifs is 3. The Balaban J connectivity index is 1.83. The number of ether oxygens (including phenoxy) is 1. The van der Waals surface area contributed by atoms with Crippen LogP contribution >= 0.6 is 0 Å². The molecule has 2 atom stereocenters. The summed E-state index contributed by atoms with van der Waals surface area (Å²) in [6.45, 7) is 0.224. The molecule has 1 amide bonds. The molecule has 0 fully saturated rings. The monoisotopic (exact) mass is 328 g/mol. The van der Waals surface area contributed by atoms with Crippen LogP contribution < -0.4 is 4.74 Å². The first-order chi connectivity index (χ1) is 11.5. The normalized spacial score (nSPS) is 21.5. The number of phenolic OH excluding ortho intramolecular Hbond substituents is 1. The zero-order valence-electron chi connectivity index (χ0n) is 12.4. The van der Waals surface area contributed by atoms with E-state index in [2.05, 4.69) is 5.10 Å². The van der Waals surface area contributed by atoms with Gasteiger partial charge in [0.15, 0.2) is 0 Å². The van der Waals surface area contributed by atoms with E-state index in [9.17, 15) is 19.4 Å². The van der Waals surface area contributed by atoms with Crippen LogP contribution in [0.3, 0.4) is 0 Å². The first-order valence-corrected chi connectivity index (χ1v) is 7.37. The lowest BCUT2D eigenvalue weighted by atomic mass is 9.86. The molecule has 2 aliphatic rings. The van der Waals surface area contributed by atoms with Crippen LogP contribution in [0.1, 0.15) is 17.2 Å². The number of rotatable bonds is 1. The quantitative estimate of drug-likeness (QED) is 0.843. The van der Waals surface area contributed by atoms with Gasteiger partial charge in [-0.3, -0.25) is 0 Å². The van der Waals surface area contributed by atoms with Crippen LogP contribution in [0.15, 0.2) is 47.6 Å². The molecule has 2 N–H and O–H groups in total. The third-order valence-corrected chi connectivity index (χ3v) is 4.25. The molecule has 0 spiro atoms. The summed E-state index contributed by atoms with van der Waals surface area (Å²) in [5.41, 5.74) is 1.54. The summed E-state index contributed by atoms with van der Waals surface area (Å²) in [7, 11) is 0. The van der Waals surface area contributed by atoms with Crippen molar-refractivity contribution in [2.75, 3.05) is 6.61 Å². The maximum absolute atomic E-state index is 13.6. The van der Waals surface area contributed by atoms with E-state index in [0.717, 1.165) is 5.01 Å². The lowest BCUT2D eigenvalue weighted by Crippen LogP contribution is -2.34. The average molecular weight is 328 g/mol. The molecule has 0 unspecified atom stereocenters. The molecule has 0 saturated carbocycles. The van der Waals surface area contributed by atoms with Crippen molar-refractivity contribution in [1.82, 2.24) is 5.01 Å². The SMILES string of the molecule is O=C(O)N1N=C2c3cc(F)ccc3OC[C@@H]2[C@H]1c1cccc(O)c1. The Morgan fingerprint density at radius 2 is 2.12 bits per heavy atom. The van der Waals surface area contributed by atoms with E-state index in [-0.39, 0.29) is 18.3 Å². The highest BCUT2D eigenvalue weighted by atomic mass is 19.1. The number of carbonyl (C=O) groups is 1. The summed E-state index contributed by atoms with van der Waals surface area (Å²) in [6.07, 6.45) is -1.22. The fraction of sp³-hybridized carbons (Fsp3) is 0.176. The molecule has 0 aliphatic carbocycles. The Bertz CT molecular complexity index is 867. The fourth-order valence-electron chi connectivity index (χ4n) is 3.25. The Morgan fingerprint density at radius 1 is 1.29 bits per heavy atom. The fourth-order valence-corrected chi connectivity index (χ4v) is 3.25. The summed E-state index contributed by atoms with van der Waals surface area (Å²) in [4.78, 5) is 11.6. The van der Waals surface area contributed by atoms with Crippen LogP contribution in [0.4, 0.5) is 9.18 Å². The van der Waals surface area contributed by atoms with Gasteiger partial charge in [-0.1, -0.05) is 12.1 Å². The Morgan fingerprint density at radius 3 is 2.88 bits per heavy atom. The van der Waals surface area contributed by atoms with Crippen LogP contribution in [-0.2, 0) is 0 Å². The van der Waals surface area contributed by atoms with Gasteiger partial charge < -0.3 is 14.9 Å². The standard InChI is InChI=1S/C17H13FN2O4/c18-10-4-5-14-12(7-10)15-13(8-24-14)16(20(19-15)17(22)23)9-2-1-3-11(21)6-9/h1-7,13,16,21H,8H2,(H,22,23)/t13-,16+/m0/s1. The van der Waals surface area contributed by atoms with E-state index in [0.29, 0.717) is 22.6 Å². The topological polar surface area (TPSA) is 82.4 Å². The summed E-state index contributed by atoms with van der Waals surface area (Å²) in [6, 6.07) is 9.83. The van der Waals surface area contributed by atoms with Crippen LogP contribution in [0.5, 0.6) is 11.5 Å². The molecular weight excluding hydrogens is 315 g/mol. The number of carboxylic acid groups (broad SMARTS) is 1. The molecular formula is C17H13FN2O4. The maximum Gasteiger partial charge on any atom is 0.428 e. The molecule has 24 heavy (non-hydrogen) atoms. The maximum atomic E-state index is 13.6. The molecule has 2 heterocycles. The molecule has 6 nitrogen and oxygen atoms in total. The van der Waals surface area contributed by atoms with Gasteiger partial charge in [0.2, 0.25) is 0 Å². The van der Waals surface area contributed by atoms with E-state index in [1.54, 1.807) is 12.1 Å². The molecule has 0 aromatic heterocycles. The lowest BCUT2D eigenvalue weighted by Gasteiger charge is -2.28. The molecule has 0 bridgehead atoms. The summed E-state index contributed by atoms with van der Waals surface area (Å²) in [5, 5.41) is 24.4. The molecule has 4 rings (SSSR count). The predicted octanol–water partition coefficient (Wildman–Crippen LogP) is 2.98. The molecule has 2 aromatic rings. The number of halogens is 1. The highest BCUT2D eigenvalue weighted by molar-refractivity contribution is 6.07. The number of amides is 1. The Hall–Kier alpha value is -3.09. The van der Waals surface area contributed by atoms with Crippen molar-refractivity contribution in [2.24, 2.45) is 11.0 Å². The first kappa shape index (κ1) is 14.5. The second-order valence-electron chi connectivity index (χ2n) is 5.71. The van der Waals surface area contributed by atoms with Crippen molar-refractivity contribution in [2.45, 2.75) is 6.04 Å². The third-order valence-electron chi connectivity index (χ3n) is 4.25. The van der Waals surface area contributed by atoms with Crippen molar-refractivity contribution >= 4 is 11.8 Å². The smallest absolute Gasteiger partial charge is 0.428 e. The van der Waals surface area contributed by atoms with Crippen molar-refractivity contribution in [3.8, 4) is 11.5 Å². The number of hydrogen-bond donors (Lipinski definition) is 2. The third kappa shape index (κ3) is 2.17. The van der Waals surface area contributed by atoms with Crippen molar-refractivity contribution < 1.29 is 24.1 Å². The summed E-state index contributed by atoms with van der Waals surface area (Å²) in [5.74, 6) is -0.302. The van der Waals surface area contributed by atoms with Gasteiger partial charge in [-0.05, 0) is 35.9 Å². The summed E-state index contributed by atoms with van der Waals surface area (Å²) < 4.78 is 19.3. The first-order valence-electron chi connectivity index (χ1n) is 7.37. The minimum absolute atomic E-state index is 0.0365. The minimum Gasteiger partial charge on any atom is -0.508 e. The zero-order valence-corrected chi connectivity index (χ0v) is 12.4. The van der Waals surface area contributed by atoms with Crippen LogP contribution in [0.2, 0.25) is 0 Å². The number of hydrazone groups is 1. The lowest BCUT2D eigenvalue weighted by molar-refractivity contribution is 0.118. The van der Waals surface area contributed by atoms with Gasteiger partial charge in [0.05, 0.1) is 24.3 Å². The van der Waals surface area contributed by atoms with Gasteiger partial charge in [-0.2, -0.15) is 10.1 Å². The van der Waals surface area contributed by atoms with Crippen molar-refractivity contribution in [1.29, 1.82) is 0 Å². The van der Waals surface area contributed by atoms with E-state index in [1.807, 2.05) is 0 Å². The van der Waals surface area contributed by atoms with Gasteiger partial charge >= 0.3 is 6.09 Å². The minimum atomic E-state index is -1.22. The number of benzene rings is 2. The highest BCUT2D eigenvalue weighted by Gasteiger charge is 2.45. The number of hydrogen-bond acceptors (Lipinski definition) is 4. The van der Waals surface area contributed by atoms with Crippen molar-refractivity contribution in [3.63, 3.8) is 0 Å². The number of phenols is 1. The van der Waals surface area contributed by atoms with Crippen LogP contribution in [-0.4, -0.2) is 33.6 Å². The molecule has 0 radical (unpaired) electrons. The van der Waals surface area contributed by atoms with Crippen LogP contribution in [0.25, 0.3) is 0 Å². The molecule has 7 heteroatoms. The van der Waals surface area contributed by atoms with Gasteiger partial charge in [0.25, 0.3) is 0 Å². The second-order valence-corrected chi connectivity index (χ2v) is 5.71. The van der Waals surface area contributed by atoms with E-state index < -0.39 is 18.0 Å². The second kappa shape index (κ2) is 5.23. The Labute approximate surface area is 136 Å². The van der Waals surface area contributed by atoms with E-state index >= 15 is 0 Å². The largest absolute Gasteiger partial charge is 0.508 e. The molecule has 2 aliphatic heterocycles. The molecule has 122 valence electrons. The number of aromatic hydroxyl groups is 1. The zero-order chi connectivity index (χ0) is 16.8. The molecule has 2 aromatic carbocycles. The average Bonchev–Trinajstić information content (AvgIpc) is 2.95. The summed E-state index contributed by atoms with van der Waals surface area (Å²) >= 11 is 0. The van der Waals surface area contributed by atoms with E-state index in [1.165, 1.54) is 30.3 Å². The van der Waals surface area contributed by atoms with Gasteiger partial charge in [-0.15, -0.1) is 0 Å². The van der Waals surface area contributed by atoms with E-state index in [4.69, 9.17) is 4.74 Å². The van der Waals surface area contributed by atoms with Gasteiger partial charge in [-0.25, -0.2) is 9.18 Å². The number of nitrogens with zero attached hydrogens (tertiary/aromatic N) is 2. The highest BCUT2D eigenvalue weighted by Crippen LogP contribution is 2.43. The van der Waals surface area contributed by atoms with Crippen LogP contribution in [0, 0.1) is 11.7 Å². The Kier molecular flexibility index (Phi) is 3.16. The molecule has 0 saturated heterocycles. The predicted molar refractivity (Wildman–Crippen MR) is 82.6 cm³/mol. The van der Waals surface area contributed by atoms with Crippen molar-refractivity contribution in [3.05, 3.63) is 59.4 Å².